The number of hydrogen-bond donors (Lipinski definition) is 4. The van der Waals surface area contributed by atoms with Crippen LogP contribution in [0.2, 0.25) is 0 Å². The van der Waals surface area contributed by atoms with Crippen molar-refractivity contribution in [1.82, 2.24) is 5.32 Å². The molecule has 1 unspecified atom stereocenters. The third kappa shape index (κ3) is 5.31. The monoisotopic (exact) mass is 295 g/mol. The Morgan fingerprint density at radius 3 is 2.24 bits per heavy atom. The third-order valence-corrected chi connectivity index (χ3v) is 2.99. The number of aliphatic carboxylic acids is 1. The lowest BCUT2D eigenvalue weighted by molar-refractivity contribution is -0.146. The predicted molar refractivity (Wildman–Crippen MR) is 80.7 cm³/mol. The number of aliphatic hydroxyl groups excluding tert-OH is 1. The molecule has 0 saturated carbocycles. The zero-order chi connectivity index (χ0) is 15.8. The van der Waals surface area contributed by atoms with Gasteiger partial charge in [-0.15, -0.1) is 0 Å². The van der Waals surface area contributed by atoms with Gasteiger partial charge in [0.05, 0.1) is 6.54 Å². The van der Waals surface area contributed by atoms with E-state index in [-0.39, 0.29) is 6.54 Å². The molecule has 0 heterocycles. The van der Waals surface area contributed by atoms with Crippen LogP contribution in [0.5, 0.6) is 0 Å². The maximum atomic E-state index is 11.5. The lowest BCUT2D eigenvalue weighted by Crippen LogP contribution is -2.38. The normalized spacial score (nSPS) is 11.6. The molecule has 0 aliphatic carbocycles. The summed E-state index contributed by atoms with van der Waals surface area (Å²) in [5.41, 5.74) is 1.65. The number of carbonyl (C=O) groups excluding carboxylic acids is 1. The summed E-state index contributed by atoms with van der Waals surface area (Å²) in [6.07, 6.45) is -1.61. The second-order valence-electron chi connectivity index (χ2n) is 4.41. The molecular weight excluding hydrogens is 274 g/mol. The van der Waals surface area contributed by atoms with E-state index in [2.05, 4.69) is 29.4 Å². The number of amides is 2. The van der Waals surface area contributed by atoms with Crippen LogP contribution in [0.15, 0.2) is 24.3 Å². The molecule has 21 heavy (non-hydrogen) atoms. The number of carbonyl (C=O) groups is 2. The maximum Gasteiger partial charge on any atom is 0.334 e. The van der Waals surface area contributed by atoms with Crippen LogP contribution in [0.4, 0.5) is 16.2 Å². The number of hydrogen-bond acceptors (Lipinski definition) is 4. The van der Waals surface area contributed by atoms with Gasteiger partial charge in [-0.1, -0.05) is 0 Å². The van der Waals surface area contributed by atoms with Gasteiger partial charge in [-0.2, -0.15) is 0 Å². The molecule has 116 valence electrons. The van der Waals surface area contributed by atoms with Gasteiger partial charge in [-0.25, -0.2) is 9.59 Å². The molecule has 0 radical (unpaired) electrons. The van der Waals surface area contributed by atoms with Crippen LogP contribution < -0.4 is 15.5 Å². The van der Waals surface area contributed by atoms with Crippen LogP contribution >= 0.6 is 0 Å². The Morgan fingerprint density at radius 2 is 1.76 bits per heavy atom. The molecule has 1 aromatic rings. The van der Waals surface area contributed by atoms with E-state index in [1.54, 1.807) is 12.1 Å². The van der Waals surface area contributed by atoms with E-state index >= 15 is 0 Å². The number of anilines is 2. The summed E-state index contributed by atoms with van der Waals surface area (Å²) in [6.45, 7) is 5.58. The largest absolute Gasteiger partial charge is 0.479 e. The summed E-state index contributed by atoms with van der Waals surface area (Å²) in [5.74, 6) is -1.38. The predicted octanol–water partition coefficient (Wildman–Crippen LogP) is 1.10. The van der Waals surface area contributed by atoms with Gasteiger partial charge >= 0.3 is 12.0 Å². The summed E-state index contributed by atoms with van der Waals surface area (Å²) < 4.78 is 0. The van der Waals surface area contributed by atoms with E-state index in [1.807, 2.05) is 12.1 Å². The fraction of sp³-hybridized carbons (Fsp3) is 0.429. The number of benzene rings is 1. The average molecular weight is 295 g/mol. The van der Waals surface area contributed by atoms with Crippen LogP contribution in [-0.4, -0.2) is 48.0 Å². The number of nitrogens with one attached hydrogen (secondary N) is 2. The third-order valence-electron chi connectivity index (χ3n) is 2.99. The molecule has 0 aliphatic heterocycles. The van der Waals surface area contributed by atoms with Gasteiger partial charge in [0.25, 0.3) is 0 Å². The minimum absolute atomic E-state index is 0.349. The van der Waals surface area contributed by atoms with Gasteiger partial charge in [0.2, 0.25) is 0 Å². The number of urea groups is 1. The quantitative estimate of drug-likeness (QED) is 0.603. The fourth-order valence-corrected chi connectivity index (χ4v) is 1.80. The molecule has 7 nitrogen and oxygen atoms in total. The molecule has 1 atom stereocenters. The van der Waals surface area contributed by atoms with Gasteiger partial charge in [0, 0.05) is 24.5 Å². The number of carboxylic acids is 1. The Morgan fingerprint density at radius 1 is 1.19 bits per heavy atom. The van der Waals surface area contributed by atoms with Crippen molar-refractivity contribution in [3.8, 4) is 0 Å². The van der Waals surface area contributed by atoms with E-state index in [0.717, 1.165) is 18.8 Å². The molecule has 0 bridgehead atoms. The molecule has 2 amide bonds. The number of rotatable bonds is 7. The smallest absolute Gasteiger partial charge is 0.334 e. The second-order valence-corrected chi connectivity index (χ2v) is 4.41. The van der Waals surface area contributed by atoms with Crippen molar-refractivity contribution in [1.29, 1.82) is 0 Å². The lowest BCUT2D eigenvalue weighted by Gasteiger charge is -2.21. The van der Waals surface area contributed by atoms with Crippen LogP contribution in [0.3, 0.4) is 0 Å². The minimum Gasteiger partial charge on any atom is -0.479 e. The fourth-order valence-electron chi connectivity index (χ4n) is 1.80. The standard InChI is InChI=1S/C14H21N3O4/c1-3-17(4-2)11-7-5-10(6-8-11)16-14(21)15-9-12(18)13(19)20/h5-8,12,18H,3-4,9H2,1-2H3,(H,19,20)(H2,15,16,21). The van der Waals surface area contributed by atoms with Crippen LogP contribution in [-0.2, 0) is 4.79 Å². The molecule has 0 aromatic heterocycles. The zero-order valence-electron chi connectivity index (χ0n) is 12.2. The molecule has 4 N–H and O–H groups in total. The van der Waals surface area contributed by atoms with Crippen molar-refractivity contribution in [2.75, 3.05) is 29.9 Å². The lowest BCUT2D eigenvalue weighted by atomic mass is 10.2. The van der Waals surface area contributed by atoms with Crippen LogP contribution in [0.25, 0.3) is 0 Å². The van der Waals surface area contributed by atoms with Crippen LogP contribution in [0.1, 0.15) is 13.8 Å². The molecular formula is C14H21N3O4. The van der Waals surface area contributed by atoms with Crippen molar-refractivity contribution in [2.24, 2.45) is 0 Å². The first-order chi connectivity index (χ1) is 9.97. The molecule has 0 aliphatic rings. The average Bonchev–Trinajstić information content (AvgIpc) is 2.47. The highest BCUT2D eigenvalue weighted by Crippen LogP contribution is 2.17. The molecule has 0 saturated heterocycles. The Kier molecular flexibility index (Phi) is 6.48. The van der Waals surface area contributed by atoms with Gasteiger partial charge in [0.1, 0.15) is 0 Å². The van der Waals surface area contributed by atoms with E-state index in [1.165, 1.54) is 0 Å². The first kappa shape index (κ1) is 16.8. The van der Waals surface area contributed by atoms with Crippen molar-refractivity contribution in [3.05, 3.63) is 24.3 Å². The first-order valence-electron chi connectivity index (χ1n) is 6.78. The number of carboxylic acid groups (broad SMARTS) is 1. The summed E-state index contributed by atoms with van der Waals surface area (Å²) >= 11 is 0. The molecule has 0 fully saturated rings. The van der Waals surface area contributed by atoms with Gasteiger partial charge in [-0.05, 0) is 38.1 Å². The van der Waals surface area contributed by atoms with Crippen molar-refractivity contribution < 1.29 is 19.8 Å². The SMILES string of the molecule is CCN(CC)c1ccc(NC(=O)NCC(O)C(=O)O)cc1. The molecule has 1 aromatic carbocycles. The second kappa shape index (κ2) is 8.11. The topological polar surface area (TPSA) is 102 Å². The molecule has 1 rings (SSSR count). The number of aliphatic hydroxyl groups is 1. The Bertz CT molecular complexity index is 472. The number of nitrogens with zero attached hydrogens (tertiary/aromatic N) is 1. The Hall–Kier alpha value is -2.28. The highest BCUT2D eigenvalue weighted by atomic mass is 16.4. The Balaban J connectivity index is 2.51. The minimum atomic E-state index is -1.61. The van der Waals surface area contributed by atoms with Crippen molar-refractivity contribution in [3.63, 3.8) is 0 Å². The summed E-state index contributed by atoms with van der Waals surface area (Å²) in [7, 11) is 0. The van der Waals surface area contributed by atoms with Gasteiger partial charge in [0.15, 0.2) is 6.10 Å². The van der Waals surface area contributed by atoms with Gasteiger partial charge in [-0.3, -0.25) is 0 Å². The molecule has 7 heteroatoms. The zero-order valence-corrected chi connectivity index (χ0v) is 12.2. The van der Waals surface area contributed by atoms with Crippen LogP contribution in [0, 0.1) is 0 Å². The summed E-state index contributed by atoms with van der Waals surface area (Å²) in [4.78, 5) is 24.1. The van der Waals surface area contributed by atoms with E-state index < -0.39 is 18.1 Å². The van der Waals surface area contributed by atoms with E-state index in [4.69, 9.17) is 10.2 Å². The highest BCUT2D eigenvalue weighted by molar-refractivity contribution is 5.89. The van der Waals surface area contributed by atoms with Crippen molar-refractivity contribution >= 4 is 23.4 Å². The highest BCUT2D eigenvalue weighted by Gasteiger charge is 2.14. The van der Waals surface area contributed by atoms with E-state index in [9.17, 15) is 9.59 Å². The Labute approximate surface area is 123 Å². The molecule has 0 spiro atoms. The van der Waals surface area contributed by atoms with E-state index in [0.29, 0.717) is 5.69 Å². The summed E-state index contributed by atoms with van der Waals surface area (Å²) in [5, 5.41) is 22.4. The van der Waals surface area contributed by atoms with Crippen molar-refractivity contribution in [2.45, 2.75) is 20.0 Å². The maximum absolute atomic E-state index is 11.5. The summed E-state index contributed by atoms with van der Waals surface area (Å²) in [6, 6.07) is 6.76. The van der Waals surface area contributed by atoms with Gasteiger partial charge < -0.3 is 25.7 Å². The first-order valence-corrected chi connectivity index (χ1v) is 6.78.